The summed E-state index contributed by atoms with van der Waals surface area (Å²) in [5, 5.41) is 6.82. The summed E-state index contributed by atoms with van der Waals surface area (Å²) in [6.07, 6.45) is 1.97. The van der Waals surface area contributed by atoms with Crippen molar-refractivity contribution in [3.05, 3.63) is 36.2 Å². The molecule has 0 aliphatic heterocycles. The maximum atomic E-state index is 11.7. The standard InChI is InChI=1S/C14H15N3O2/c1-9(15-13(18)10-7-8-10)12-16-14(19-17-12)11-5-3-2-4-6-11/h2-6,9-10H,7-8H2,1H3,(H,15,18). The molecule has 1 aliphatic rings. The summed E-state index contributed by atoms with van der Waals surface area (Å²) in [5.74, 6) is 1.25. The van der Waals surface area contributed by atoms with Gasteiger partial charge in [-0.15, -0.1) is 0 Å². The maximum absolute atomic E-state index is 11.7. The predicted molar refractivity (Wildman–Crippen MR) is 69.0 cm³/mol. The fourth-order valence-electron chi connectivity index (χ4n) is 1.85. The summed E-state index contributed by atoms with van der Waals surface area (Å²) in [4.78, 5) is 16.0. The maximum Gasteiger partial charge on any atom is 0.257 e. The zero-order chi connectivity index (χ0) is 13.2. The first kappa shape index (κ1) is 11.9. The number of carbonyl (C=O) groups is 1. The van der Waals surface area contributed by atoms with E-state index in [0.29, 0.717) is 11.7 Å². The Morgan fingerprint density at radius 3 is 2.79 bits per heavy atom. The minimum atomic E-state index is -0.227. The van der Waals surface area contributed by atoms with Gasteiger partial charge in [0.15, 0.2) is 5.82 Å². The quantitative estimate of drug-likeness (QED) is 0.912. The van der Waals surface area contributed by atoms with Crippen molar-refractivity contribution in [1.29, 1.82) is 0 Å². The topological polar surface area (TPSA) is 68.0 Å². The number of hydrogen-bond donors (Lipinski definition) is 1. The van der Waals surface area contributed by atoms with Crippen LogP contribution in [0.4, 0.5) is 0 Å². The van der Waals surface area contributed by atoms with Crippen molar-refractivity contribution in [1.82, 2.24) is 15.5 Å². The Balaban J connectivity index is 1.72. The Kier molecular flexibility index (Phi) is 3.03. The van der Waals surface area contributed by atoms with E-state index in [1.54, 1.807) is 0 Å². The predicted octanol–water partition coefficient (Wildman–Crippen LogP) is 2.32. The molecule has 0 spiro atoms. The van der Waals surface area contributed by atoms with Crippen LogP contribution in [0.15, 0.2) is 34.9 Å². The molecule has 1 unspecified atom stereocenters. The lowest BCUT2D eigenvalue weighted by atomic mass is 10.2. The fraction of sp³-hybridized carbons (Fsp3) is 0.357. The van der Waals surface area contributed by atoms with Crippen LogP contribution in [0.3, 0.4) is 0 Å². The third-order valence-electron chi connectivity index (χ3n) is 3.16. The lowest BCUT2D eigenvalue weighted by Gasteiger charge is -2.08. The molecular weight excluding hydrogens is 242 g/mol. The Hall–Kier alpha value is -2.17. The molecule has 1 saturated carbocycles. The molecule has 0 bridgehead atoms. The Morgan fingerprint density at radius 1 is 1.37 bits per heavy atom. The first-order valence-corrected chi connectivity index (χ1v) is 6.43. The number of hydrogen-bond acceptors (Lipinski definition) is 4. The first-order valence-electron chi connectivity index (χ1n) is 6.43. The van der Waals surface area contributed by atoms with Crippen LogP contribution in [0.2, 0.25) is 0 Å². The fourth-order valence-corrected chi connectivity index (χ4v) is 1.85. The minimum Gasteiger partial charge on any atom is -0.346 e. The van der Waals surface area contributed by atoms with Crippen molar-refractivity contribution in [2.45, 2.75) is 25.8 Å². The Bertz CT molecular complexity index is 575. The second-order valence-electron chi connectivity index (χ2n) is 4.83. The normalized spacial score (nSPS) is 16.1. The highest BCUT2D eigenvalue weighted by atomic mass is 16.5. The highest BCUT2D eigenvalue weighted by Gasteiger charge is 2.31. The zero-order valence-corrected chi connectivity index (χ0v) is 10.7. The molecule has 0 saturated heterocycles. The van der Waals surface area contributed by atoms with Gasteiger partial charge in [0.2, 0.25) is 5.91 Å². The monoisotopic (exact) mass is 257 g/mol. The van der Waals surface area contributed by atoms with Gasteiger partial charge in [-0.25, -0.2) is 0 Å². The van der Waals surface area contributed by atoms with Gasteiger partial charge in [-0.05, 0) is 31.9 Å². The van der Waals surface area contributed by atoms with E-state index in [1.165, 1.54) is 0 Å². The number of aromatic nitrogens is 2. The molecule has 1 N–H and O–H groups in total. The molecule has 2 aromatic rings. The summed E-state index contributed by atoms with van der Waals surface area (Å²) < 4.78 is 5.22. The van der Waals surface area contributed by atoms with E-state index in [4.69, 9.17) is 4.52 Å². The number of nitrogens with one attached hydrogen (secondary N) is 1. The van der Waals surface area contributed by atoms with Crippen LogP contribution in [0.1, 0.15) is 31.6 Å². The molecule has 19 heavy (non-hydrogen) atoms. The number of amides is 1. The van der Waals surface area contributed by atoms with Crippen molar-refractivity contribution in [2.75, 3.05) is 0 Å². The van der Waals surface area contributed by atoms with E-state index in [-0.39, 0.29) is 17.9 Å². The molecule has 1 atom stereocenters. The zero-order valence-electron chi connectivity index (χ0n) is 10.7. The number of carbonyl (C=O) groups excluding carboxylic acids is 1. The molecule has 1 aliphatic carbocycles. The van der Waals surface area contributed by atoms with Gasteiger partial charge < -0.3 is 9.84 Å². The minimum absolute atomic E-state index is 0.0820. The van der Waals surface area contributed by atoms with Crippen molar-refractivity contribution >= 4 is 5.91 Å². The second kappa shape index (κ2) is 4.84. The average Bonchev–Trinajstić information content (AvgIpc) is 3.17. The average molecular weight is 257 g/mol. The Morgan fingerprint density at radius 2 is 2.11 bits per heavy atom. The highest BCUT2D eigenvalue weighted by Crippen LogP contribution is 2.29. The Labute approximate surface area is 111 Å². The van der Waals surface area contributed by atoms with Gasteiger partial charge in [0.1, 0.15) is 0 Å². The van der Waals surface area contributed by atoms with Gasteiger partial charge in [-0.3, -0.25) is 4.79 Å². The van der Waals surface area contributed by atoms with Crippen LogP contribution < -0.4 is 5.32 Å². The molecule has 5 heteroatoms. The summed E-state index contributed by atoms with van der Waals surface area (Å²) >= 11 is 0. The lowest BCUT2D eigenvalue weighted by molar-refractivity contribution is -0.123. The summed E-state index contributed by atoms with van der Waals surface area (Å²) in [6.45, 7) is 1.86. The number of rotatable bonds is 4. The lowest BCUT2D eigenvalue weighted by Crippen LogP contribution is -2.28. The molecule has 1 heterocycles. The van der Waals surface area contributed by atoms with E-state index in [2.05, 4.69) is 15.5 Å². The van der Waals surface area contributed by atoms with E-state index in [0.717, 1.165) is 18.4 Å². The molecule has 1 amide bonds. The third kappa shape index (κ3) is 2.65. The largest absolute Gasteiger partial charge is 0.346 e. The molecule has 1 fully saturated rings. The third-order valence-corrected chi connectivity index (χ3v) is 3.16. The number of benzene rings is 1. The van der Waals surface area contributed by atoms with Crippen LogP contribution in [0.25, 0.3) is 11.5 Å². The van der Waals surface area contributed by atoms with Crippen LogP contribution >= 0.6 is 0 Å². The van der Waals surface area contributed by atoms with Crippen LogP contribution in [-0.4, -0.2) is 16.0 Å². The van der Waals surface area contributed by atoms with Gasteiger partial charge >= 0.3 is 0 Å². The first-order chi connectivity index (χ1) is 9.24. The van der Waals surface area contributed by atoms with Crippen molar-refractivity contribution < 1.29 is 9.32 Å². The van der Waals surface area contributed by atoms with E-state index < -0.39 is 0 Å². The smallest absolute Gasteiger partial charge is 0.257 e. The summed E-state index contributed by atoms with van der Waals surface area (Å²) in [5.41, 5.74) is 0.877. The SMILES string of the molecule is CC(NC(=O)C1CC1)c1noc(-c2ccccc2)n1. The van der Waals surface area contributed by atoms with Gasteiger partial charge in [0.05, 0.1) is 6.04 Å². The molecule has 3 rings (SSSR count). The van der Waals surface area contributed by atoms with Crippen LogP contribution in [0, 0.1) is 5.92 Å². The number of nitrogens with zero attached hydrogens (tertiary/aromatic N) is 2. The summed E-state index contributed by atoms with van der Waals surface area (Å²) in [6, 6.07) is 9.35. The van der Waals surface area contributed by atoms with Gasteiger partial charge in [0, 0.05) is 11.5 Å². The van der Waals surface area contributed by atoms with Gasteiger partial charge in [-0.2, -0.15) is 4.98 Å². The van der Waals surface area contributed by atoms with Crippen LogP contribution in [0.5, 0.6) is 0 Å². The molecular formula is C14H15N3O2. The van der Waals surface area contributed by atoms with E-state index in [9.17, 15) is 4.79 Å². The highest BCUT2D eigenvalue weighted by molar-refractivity contribution is 5.81. The summed E-state index contributed by atoms with van der Waals surface area (Å²) in [7, 11) is 0. The van der Waals surface area contributed by atoms with Gasteiger partial charge in [0.25, 0.3) is 5.89 Å². The van der Waals surface area contributed by atoms with Crippen molar-refractivity contribution in [3.8, 4) is 11.5 Å². The van der Waals surface area contributed by atoms with Crippen LogP contribution in [-0.2, 0) is 4.79 Å². The van der Waals surface area contributed by atoms with Crippen molar-refractivity contribution in [3.63, 3.8) is 0 Å². The second-order valence-corrected chi connectivity index (χ2v) is 4.83. The molecule has 0 radical (unpaired) electrons. The molecule has 98 valence electrons. The molecule has 5 nitrogen and oxygen atoms in total. The molecule has 1 aromatic heterocycles. The van der Waals surface area contributed by atoms with E-state index >= 15 is 0 Å². The van der Waals surface area contributed by atoms with E-state index in [1.807, 2.05) is 37.3 Å². The molecule has 1 aromatic carbocycles. The van der Waals surface area contributed by atoms with Crippen molar-refractivity contribution in [2.24, 2.45) is 5.92 Å². The van der Waals surface area contributed by atoms with Gasteiger partial charge in [-0.1, -0.05) is 23.4 Å².